The summed E-state index contributed by atoms with van der Waals surface area (Å²) in [6.45, 7) is 1.85. The lowest BCUT2D eigenvalue weighted by Gasteiger charge is -2.11. The summed E-state index contributed by atoms with van der Waals surface area (Å²) in [6.07, 6.45) is 1.61. The number of hydrogen-bond donors (Lipinski definition) is 1. The zero-order valence-electron chi connectivity index (χ0n) is 9.14. The van der Waals surface area contributed by atoms with Gasteiger partial charge in [0.1, 0.15) is 5.82 Å². The van der Waals surface area contributed by atoms with Crippen molar-refractivity contribution in [1.82, 2.24) is 9.97 Å². The van der Waals surface area contributed by atoms with Gasteiger partial charge in [0.25, 0.3) is 0 Å². The summed E-state index contributed by atoms with van der Waals surface area (Å²) in [4.78, 5) is 7.94. The Morgan fingerprint density at radius 2 is 1.67 bits per heavy atom. The van der Waals surface area contributed by atoms with Crippen LogP contribution in [-0.4, -0.2) is 9.97 Å². The molecular formula is C11H7Cl4N3. The van der Waals surface area contributed by atoms with Crippen molar-refractivity contribution < 1.29 is 0 Å². The first kappa shape index (κ1) is 13.7. The highest BCUT2D eigenvalue weighted by molar-refractivity contribution is 6.44. The molecule has 0 bridgehead atoms. The highest BCUT2D eigenvalue weighted by Gasteiger charge is 2.09. The molecule has 1 aromatic carbocycles. The molecule has 1 N–H and O–H groups in total. The van der Waals surface area contributed by atoms with Crippen LogP contribution in [0.1, 0.15) is 5.56 Å². The van der Waals surface area contributed by atoms with Gasteiger partial charge in [0.2, 0.25) is 5.28 Å². The maximum Gasteiger partial charge on any atom is 0.224 e. The first-order valence-electron chi connectivity index (χ1n) is 4.88. The topological polar surface area (TPSA) is 37.8 Å². The average molecular weight is 323 g/mol. The first-order valence-corrected chi connectivity index (χ1v) is 6.39. The smallest absolute Gasteiger partial charge is 0.224 e. The molecule has 1 aromatic heterocycles. The standard InChI is InChI=1S/C11H7Cl4N3/c1-5-4-16-11(15)18-10(5)17-9-3-7(13)6(12)2-8(9)14/h2-4H,1H3,(H,16,17,18). The number of hydrogen-bond acceptors (Lipinski definition) is 3. The van der Waals surface area contributed by atoms with Crippen LogP contribution in [0.25, 0.3) is 0 Å². The number of halogens is 4. The number of aromatic nitrogens is 2. The summed E-state index contributed by atoms with van der Waals surface area (Å²) in [6, 6.07) is 3.19. The van der Waals surface area contributed by atoms with Gasteiger partial charge in [-0.3, -0.25) is 0 Å². The van der Waals surface area contributed by atoms with Crippen molar-refractivity contribution in [3.8, 4) is 0 Å². The molecule has 0 saturated carbocycles. The minimum atomic E-state index is 0.152. The molecule has 0 fully saturated rings. The summed E-state index contributed by atoms with van der Waals surface area (Å²) in [5.41, 5.74) is 1.44. The fourth-order valence-corrected chi connectivity index (χ4v) is 2.02. The number of nitrogens with one attached hydrogen (secondary N) is 1. The molecule has 2 rings (SSSR count). The summed E-state index contributed by atoms with van der Waals surface area (Å²) >= 11 is 23.6. The van der Waals surface area contributed by atoms with Crippen LogP contribution in [0, 0.1) is 6.92 Å². The van der Waals surface area contributed by atoms with Gasteiger partial charge in [-0.2, -0.15) is 0 Å². The van der Waals surface area contributed by atoms with E-state index in [4.69, 9.17) is 46.4 Å². The summed E-state index contributed by atoms with van der Waals surface area (Å²) in [5, 5.41) is 4.43. The van der Waals surface area contributed by atoms with E-state index in [1.807, 2.05) is 6.92 Å². The van der Waals surface area contributed by atoms with Crippen LogP contribution in [0.5, 0.6) is 0 Å². The van der Waals surface area contributed by atoms with Crippen LogP contribution >= 0.6 is 46.4 Å². The Morgan fingerprint density at radius 1 is 1.00 bits per heavy atom. The first-order chi connectivity index (χ1) is 8.47. The van der Waals surface area contributed by atoms with Gasteiger partial charge in [0, 0.05) is 11.8 Å². The Labute approximate surface area is 124 Å². The highest BCUT2D eigenvalue weighted by atomic mass is 35.5. The van der Waals surface area contributed by atoms with Crippen LogP contribution in [0.15, 0.2) is 18.3 Å². The van der Waals surface area contributed by atoms with Gasteiger partial charge < -0.3 is 5.32 Å². The molecule has 7 heteroatoms. The van der Waals surface area contributed by atoms with Crippen molar-refractivity contribution in [2.75, 3.05) is 5.32 Å². The van der Waals surface area contributed by atoms with Gasteiger partial charge in [-0.05, 0) is 30.7 Å². The zero-order chi connectivity index (χ0) is 13.3. The third kappa shape index (κ3) is 2.98. The molecule has 0 aliphatic rings. The predicted molar refractivity (Wildman–Crippen MR) is 76.5 cm³/mol. The minimum Gasteiger partial charge on any atom is -0.339 e. The Bertz CT molecular complexity index is 601. The molecule has 0 aliphatic carbocycles. The van der Waals surface area contributed by atoms with Crippen LogP contribution < -0.4 is 5.32 Å². The fourth-order valence-electron chi connectivity index (χ4n) is 1.29. The molecule has 18 heavy (non-hydrogen) atoms. The molecule has 0 amide bonds. The largest absolute Gasteiger partial charge is 0.339 e. The van der Waals surface area contributed by atoms with Crippen molar-refractivity contribution in [2.24, 2.45) is 0 Å². The van der Waals surface area contributed by atoms with E-state index in [-0.39, 0.29) is 5.28 Å². The van der Waals surface area contributed by atoms with E-state index in [2.05, 4.69) is 15.3 Å². The second-order valence-electron chi connectivity index (χ2n) is 3.54. The van der Waals surface area contributed by atoms with Crippen LogP contribution in [0.2, 0.25) is 20.4 Å². The summed E-state index contributed by atoms with van der Waals surface area (Å²) < 4.78 is 0. The Kier molecular flexibility index (Phi) is 4.17. The lowest BCUT2D eigenvalue weighted by Crippen LogP contribution is -1.98. The van der Waals surface area contributed by atoms with Crippen LogP contribution in [0.3, 0.4) is 0 Å². The molecule has 0 atom stereocenters. The number of nitrogens with zero attached hydrogens (tertiary/aromatic N) is 2. The third-order valence-corrected chi connectivity index (χ3v) is 3.42. The molecule has 94 valence electrons. The normalized spacial score (nSPS) is 10.5. The van der Waals surface area contributed by atoms with Gasteiger partial charge in [0.05, 0.1) is 20.8 Å². The average Bonchev–Trinajstić information content (AvgIpc) is 2.30. The minimum absolute atomic E-state index is 0.152. The molecule has 0 spiro atoms. The molecule has 2 aromatic rings. The zero-order valence-corrected chi connectivity index (χ0v) is 12.2. The van der Waals surface area contributed by atoms with Crippen molar-refractivity contribution >= 4 is 57.9 Å². The Morgan fingerprint density at radius 3 is 2.39 bits per heavy atom. The maximum atomic E-state index is 6.06. The van der Waals surface area contributed by atoms with Crippen LogP contribution in [-0.2, 0) is 0 Å². The Balaban J connectivity index is 2.40. The Hall–Kier alpha value is -0.740. The van der Waals surface area contributed by atoms with Crippen molar-refractivity contribution in [3.63, 3.8) is 0 Å². The SMILES string of the molecule is Cc1cnc(Cl)nc1Nc1cc(Cl)c(Cl)cc1Cl. The van der Waals surface area contributed by atoms with E-state index in [1.165, 1.54) is 0 Å². The van der Waals surface area contributed by atoms with E-state index in [0.717, 1.165) is 5.56 Å². The molecule has 3 nitrogen and oxygen atoms in total. The molecular weight excluding hydrogens is 316 g/mol. The monoisotopic (exact) mass is 321 g/mol. The summed E-state index contributed by atoms with van der Waals surface area (Å²) in [5.74, 6) is 0.565. The highest BCUT2D eigenvalue weighted by Crippen LogP contribution is 2.34. The van der Waals surface area contributed by atoms with Gasteiger partial charge in [-0.1, -0.05) is 34.8 Å². The van der Waals surface area contributed by atoms with Crippen molar-refractivity contribution in [2.45, 2.75) is 6.92 Å². The number of aryl methyl sites for hydroxylation is 1. The maximum absolute atomic E-state index is 6.06. The van der Waals surface area contributed by atoms with Gasteiger partial charge in [0.15, 0.2) is 0 Å². The van der Waals surface area contributed by atoms with Crippen molar-refractivity contribution in [3.05, 3.63) is 44.2 Å². The fraction of sp³-hybridized carbons (Fsp3) is 0.0909. The lowest BCUT2D eigenvalue weighted by atomic mass is 10.3. The van der Waals surface area contributed by atoms with Crippen LogP contribution in [0.4, 0.5) is 11.5 Å². The summed E-state index contributed by atoms with van der Waals surface area (Å²) in [7, 11) is 0. The van der Waals surface area contributed by atoms with E-state index in [1.54, 1.807) is 18.3 Å². The van der Waals surface area contributed by atoms with E-state index in [9.17, 15) is 0 Å². The number of rotatable bonds is 2. The molecule has 0 unspecified atom stereocenters. The van der Waals surface area contributed by atoms with Gasteiger partial charge in [-0.25, -0.2) is 9.97 Å². The van der Waals surface area contributed by atoms with Gasteiger partial charge >= 0.3 is 0 Å². The molecule has 0 saturated heterocycles. The van der Waals surface area contributed by atoms with Gasteiger partial charge in [-0.15, -0.1) is 0 Å². The predicted octanol–water partition coefficient (Wildman–Crippen LogP) is 5.14. The third-order valence-electron chi connectivity index (χ3n) is 2.21. The van der Waals surface area contributed by atoms with E-state index in [0.29, 0.717) is 26.6 Å². The lowest BCUT2D eigenvalue weighted by molar-refractivity contribution is 1.13. The van der Waals surface area contributed by atoms with E-state index < -0.39 is 0 Å². The molecule has 1 heterocycles. The van der Waals surface area contributed by atoms with Crippen molar-refractivity contribution in [1.29, 1.82) is 0 Å². The molecule has 0 aliphatic heterocycles. The second-order valence-corrected chi connectivity index (χ2v) is 5.10. The quantitative estimate of drug-likeness (QED) is 0.614. The second kappa shape index (κ2) is 5.49. The molecule has 0 radical (unpaired) electrons. The van der Waals surface area contributed by atoms with E-state index >= 15 is 0 Å². The number of anilines is 2. The number of benzene rings is 1.